The first kappa shape index (κ1) is 18.1. The van der Waals surface area contributed by atoms with Crippen molar-refractivity contribution in [2.75, 3.05) is 19.6 Å². The predicted octanol–water partition coefficient (Wildman–Crippen LogP) is 3.16. The zero-order valence-corrected chi connectivity index (χ0v) is 12.9. The van der Waals surface area contributed by atoms with Crippen LogP contribution in [0.4, 0.5) is 18.0 Å². The maximum Gasteiger partial charge on any atom is 0.410 e. The van der Waals surface area contributed by atoms with Crippen LogP contribution in [-0.4, -0.2) is 42.4 Å². The van der Waals surface area contributed by atoms with Gasteiger partial charge in [0.15, 0.2) is 0 Å². The Kier molecular flexibility index (Phi) is 5.90. The Morgan fingerprint density at radius 1 is 1.24 bits per heavy atom. The second kappa shape index (κ2) is 6.85. The van der Waals surface area contributed by atoms with Gasteiger partial charge in [-0.1, -0.05) is 0 Å². The van der Waals surface area contributed by atoms with Crippen molar-refractivity contribution in [1.29, 1.82) is 0 Å². The lowest BCUT2D eigenvalue weighted by Gasteiger charge is -2.29. The lowest BCUT2D eigenvalue weighted by atomic mass is 10.0. The molecule has 1 rings (SSSR count). The molecule has 0 bridgehead atoms. The quantitative estimate of drug-likeness (QED) is 0.868. The van der Waals surface area contributed by atoms with Crippen LogP contribution in [0.25, 0.3) is 0 Å². The highest BCUT2D eigenvalue weighted by Gasteiger charge is 2.37. The largest absolute Gasteiger partial charge is 0.444 e. The highest BCUT2D eigenvalue weighted by molar-refractivity contribution is 5.68. The van der Waals surface area contributed by atoms with Gasteiger partial charge in [0.05, 0.1) is 0 Å². The first-order chi connectivity index (χ1) is 9.50. The zero-order valence-electron chi connectivity index (χ0n) is 12.9. The van der Waals surface area contributed by atoms with E-state index in [0.29, 0.717) is 12.5 Å². The molecule has 21 heavy (non-hydrogen) atoms. The van der Waals surface area contributed by atoms with E-state index in [1.807, 2.05) is 0 Å². The standard InChI is InChI=1S/C14H25F3N2O2/c1-13(2,3)21-12(20)19(9-14(15,16)17)8-11-5-4-10(6-11)7-18/h10-11H,4-9,18H2,1-3H3. The number of rotatable bonds is 4. The summed E-state index contributed by atoms with van der Waals surface area (Å²) in [6, 6.07) is 0. The smallest absolute Gasteiger partial charge is 0.410 e. The molecule has 0 heterocycles. The van der Waals surface area contributed by atoms with E-state index in [2.05, 4.69) is 0 Å². The first-order valence-electron chi connectivity index (χ1n) is 7.25. The summed E-state index contributed by atoms with van der Waals surface area (Å²) >= 11 is 0. The third kappa shape index (κ3) is 7.02. The number of hydrogen-bond donors (Lipinski definition) is 1. The van der Waals surface area contributed by atoms with Gasteiger partial charge >= 0.3 is 12.3 Å². The summed E-state index contributed by atoms with van der Waals surface area (Å²) in [4.78, 5) is 12.7. The average Bonchev–Trinajstić information content (AvgIpc) is 2.71. The molecule has 2 atom stereocenters. The second-order valence-corrected chi connectivity index (χ2v) is 6.76. The lowest BCUT2D eigenvalue weighted by Crippen LogP contribution is -2.44. The van der Waals surface area contributed by atoms with E-state index in [4.69, 9.17) is 10.5 Å². The van der Waals surface area contributed by atoms with Crippen LogP contribution in [0.2, 0.25) is 0 Å². The molecule has 4 nitrogen and oxygen atoms in total. The molecule has 1 saturated carbocycles. The fourth-order valence-corrected chi connectivity index (χ4v) is 2.62. The van der Waals surface area contributed by atoms with Crippen LogP contribution in [0.5, 0.6) is 0 Å². The maximum atomic E-state index is 12.6. The van der Waals surface area contributed by atoms with Crippen molar-refractivity contribution in [2.24, 2.45) is 17.6 Å². The molecule has 0 aromatic carbocycles. The molecule has 1 fully saturated rings. The Balaban J connectivity index is 2.67. The average molecular weight is 310 g/mol. The molecule has 0 aliphatic heterocycles. The fourth-order valence-electron chi connectivity index (χ4n) is 2.62. The van der Waals surface area contributed by atoms with E-state index in [-0.39, 0.29) is 12.5 Å². The van der Waals surface area contributed by atoms with E-state index < -0.39 is 24.4 Å². The van der Waals surface area contributed by atoms with Crippen LogP contribution in [-0.2, 0) is 4.74 Å². The van der Waals surface area contributed by atoms with Gasteiger partial charge < -0.3 is 10.5 Å². The minimum Gasteiger partial charge on any atom is -0.444 e. The van der Waals surface area contributed by atoms with Gasteiger partial charge in [0.25, 0.3) is 0 Å². The van der Waals surface area contributed by atoms with Crippen LogP contribution in [0.3, 0.4) is 0 Å². The topological polar surface area (TPSA) is 55.6 Å². The van der Waals surface area contributed by atoms with E-state index in [1.54, 1.807) is 20.8 Å². The molecule has 0 saturated heterocycles. The molecule has 0 spiro atoms. The summed E-state index contributed by atoms with van der Waals surface area (Å²) in [5.74, 6) is 0.412. The Bertz CT molecular complexity index is 353. The van der Waals surface area contributed by atoms with Crippen molar-refractivity contribution < 1.29 is 22.7 Å². The van der Waals surface area contributed by atoms with Crippen LogP contribution in [0.15, 0.2) is 0 Å². The Morgan fingerprint density at radius 2 is 1.81 bits per heavy atom. The monoisotopic (exact) mass is 310 g/mol. The normalized spacial score (nSPS) is 23.2. The van der Waals surface area contributed by atoms with Crippen LogP contribution >= 0.6 is 0 Å². The van der Waals surface area contributed by atoms with Crippen LogP contribution < -0.4 is 5.73 Å². The summed E-state index contributed by atoms with van der Waals surface area (Å²) in [7, 11) is 0. The number of ether oxygens (including phenoxy) is 1. The summed E-state index contributed by atoms with van der Waals surface area (Å²) in [5, 5.41) is 0. The fraction of sp³-hybridized carbons (Fsp3) is 0.929. The molecule has 1 amide bonds. The van der Waals surface area contributed by atoms with Crippen molar-refractivity contribution in [3.05, 3.63) is 0 Å². The molecule has 0 aromatic rings. The second-order valence-electron chi connectivity index (χ2n) is 6.76. The molecular weight excluding hydrogens is 285 g/mol. The molecule has 124 valence electrons. The Labute approximate surface area is 123 Å². The van der Waals surface area contributed by atoms with Gasteiger partial charge in [0, 0.05) is 6.54 Å². The molecule has 1 aliphatic rings. The predicted molar refractivity (Wildman–Crippen MR) is 73.7 cm³/mol. The molecule has 0 radical (unpaired) electrons. The molecule has 7 heteroatoms. The van der Waals surface area contributed by atoms with Crippen molar-refractivity contribution in [3.8, 4) is 0 Å². The molecule has 2 N–H and O–H groups in total. The first-order valence-corrected chi connectivity index (χ1v) is 7.25. The van der Waals surface area contributed by atoms with Crippen molar-refractivity contribution in [2.45, 2.75) is 51.8 Å². The van der Waals surface area contributed by atoms with E-state index in [9.17, 15) is 18.0 Å². The SMILES string of the molecule is CC(C)(C)OC(=O)N(CC1CCC(CN)C1)CC(F)(F)F. The zero-order chi connectivity index (χ0) is 16.3. The Hall–Kier alpha value is -0.980. The number of hydrogen-bond acceptors (Lipinski definition) is 3. The van der Waals surface area contributed by atoms with Gasteiger partial charge in [-0.3, -0.25) is 4.90 Å². The summed E-state index contributed by atoms with van der Waals surface area (Å²) in [6.07, 6.45) is -2.85. The molecule has 2 unspecified atom stereocenters. The number of carbonyl (C=O) groups excluding carboxylic acids is 1. The van der Waals surface area contributed by atoms with Crippen molar-refractivity contribution >= 4 is 6.09 Å². The number of amides is 1. The number of halogens is 3. The number of nitrogens with zero attached hydrogens (tertiary/aromatic N) is 1. The highest BCUT2D eigenvalue weighted by Crippen LogP contribution is 2.31. The van der Waals surface area contributed by atoms with E-state index in [1.165, 1.54) is 0 Å². The van der Waals surface area contributed by atoms with Gasteiger partial charge in [0.2, 0.25) is 0 Å². The summed E-state index contributed by atoms with van der Waals surface area (Å²) in [6.45, 7) is 4.25. The number of carbonyl (C=O) groups is 1. The maximum absolute atomic E-state index is 12.6. The van der Waals surface area contributed by atoms with Crippen LogP contribution in [0, 0.1) is 11.8 Å². The third-order valence-corrected chi connectivity index (χ3v) is 3.48. The molecule has 0 aromatic heterocycles. The molecular formula is C14H25F3N2O2. The number of nitrogens with two attached hydrogens (primary N) is 1. The highest BCUT2D eigenvalue weighted by atomic mass is 19.4. The van der Waals surface area contributed by atoms with Gasteiger partial charge in [-0.25, -0.2) is 4.79 Å². The summed E-state index contributed by atoms with van der Waals surface area (Å²) in [5.41, 5.74) is 4.78. The Morgan fingerprint density at radius 3 is 2.24 bits per heavy atom. The van der Waals surface area contributed by atoms with Gasteiger partial charge in [0.1, 0.15) is 12.1 Å². The summed E-state index contributed by atoms with van der Waals surface area (Å²) < 4.78 is 43.0. The van der Waals surface area contributed by atoms with Crippen molar-refractivity contribution in [1.82, 2.24) is 4.90 Å². The van der Waals surface area contributed by atoms with Gasteiger partial charge in [-0.2, -0.15) is 13.2 Å². The minimum absolute atomic E-state index is 0.0634. The van der Waals surface area contributed by atoms with Gasteiger partial charge in [-0.15, -0.1) is 0 Å². The van der Waals surface area contributed by atoms with E-state index >= 15 is 0 Å². The molecule has 1 aliphatic carbocycles. The third-order valence-electron chi connectivity index (χ3n) is 3.48. The van der Waals surface area contributed by atoms with Crippen LogP contribution in [0.1, 0.15) is 40.0 Å². The number of alkyl halides is 3. The van der Waals surface area contributed by atoms with E-state index in [0.717, 1.165) is 24.2 Å². The van der Waals surface area contributed by atoms with Crippen molar-refractivity contribution in [3.63, 3.8) is 0 Å². The van der Waals surface area contributed by atoms with Gasteiger partial charge in [-0.05, 0) is 58.4 Å². The minimum atomic E-state index is -4.43. The lowest BCUT2D eigenvalue weighted by molar-refractivity contribution is -0.145.